The number of nitrogens with one attached hydrogen (secondary N) is 1. The lowest BCUT2D eigenvalue weighted by Crippen LogP contribution is -2.38. The van der Waals surface area contributed by atoms with Crippen LogP contribution in [0.3, 0.4) is 0 Å². The van der Waals surface area contributed by atoms with Crippen LogP contribution in [-0.4, -0.2) is 36.4 Å². The van der Waals surface area contributed by atoms with Gasteiger partial charge in [0, 0.05) is 24.5 Å². The number of likely N-dealkylation sites (tertiary alicyclic amines) is 1. The van der Waals surface area contributed by atoms with Crippen molar-refractivity contribution in [2.24, 2.45) is 0 Å². The molecule has 0 aromatic heterocycles. The molecule has 1 heterocycles. The number of halogens is 1. The highest BCUT2D eigenvalue weighted by molar-refractivity contribution is 5.46. The first-order chi connectivity index (χ1) is 11.7. The molecular weight excluding hydrogens is 303 g/mol. The summed E-state index contributed by atoms with van der Waals surface area (Å²) in [5.41, 5.74) is 4.86. The topological polar surface area (TPSA) is 35.5 Å². The minimum atomic E-state index is -0.201. The van der Waals surface area contributed by atoms with Gasteiger partial charge in [-0.1, -0.05) is 30.3 Å². The number of rotatable bonds is 3. The molecule has 1 aliphatic heterocycles. The summed E-state index contributed by atoms with van der Waals surface area (Å²) < 4.78 is 14.0. The van der Waals surface area contributed by atoms with Crippen LogP contribution in [0.4, 0.5) is 4.39 Å². The summed E-state index contributed by atoms with van der Waals surface area (Å²) in [6, 6.07) is 13.9. The lowest BCUT2D eigenvalue weighted by Gasteiger charge is -2.30. The summed E-state index contributed by atoms with van der Waals surface area (Å²) in [6.07, 6.45) is 1.80. The Labute approximate surface area is 142 Å². The van der Waals surface area contributed by atoms with Crippen molar-refractivity contribution in [1.82, 2.24) is 10.2 Å². The molecule has 1 aliphatic carbocycles. The van der Waals surface area contributed by atoms with E-state index in [0.29, 0.717) is 0 Å². The Morgan fingerprint density at radius 1 is 1.17 bits per heavy atom. The second kappa shape index (κ2) is 6.28. The molecule has 4 heteroatoms. The number of aliphatic hydroxyl groups excluding tert-OH is 1. The maximum Gasteiger partial charge on any atom is 0.123 e. The van der Waals surface area contributed by atoms with Gasteiger partial charge in [0.1, 0.15) is 5.82 Å². The third-order valence-electron chi connectivity index (χ3n) is 5.60. The average Bonchev–Trinajstić information content (AvgIpc) is 2.89. The first-order valence-electron chi connectivity index (χ1n) is 8.60. The zero-order valence-corrected chi connectivity index (χ0v) is 13.9. The van der Waals surface area contributed by atoms with Gasteiger partial charge in [-0.3, -0.25) is 4.90 Å². The summed E-state index contributed by atoms with van der Waals surface area (Å²) in [4.78, 5) is 2.13. The van der Waals surface area contributed by atoms with Crippen molar-refractivity contribution < 1.29 is 9.50 Å². The Kier molecular flexibility index (Phi) is 4.12. The molecule has 2 aromatic carbocycles. The highest BCUT2D eigenvalue weighted by Gasteiger charge is 2.44. The summed E-state index contributed by atoms with van der Waals surface area (Å²) in [5.74, 6) is 0.0863. The molecule has 0 spiro atoms. The van der Waals surface area contributed by atoms with E-state index in [4.69, 9.17) is 0 Å². The highest BCUT2D eigenvalue weighted by atomic mass is 19.1. The summed E-state index contributed by atoms with van der Waals surface area (Å²) >= 11 is 0. The van der Waals surface area contributed by atoms with Crippen molar-refractivity contribution in [3.63, 3.8) is 0 Å². The zero-order valence-electron chi connectivity index (χ0n) is 13.9. The van der Waals surface area contributed by atoms with E-state index < -0.39 is 0 Å². The second-order valence-corrected chi connectivity index (χ2v) is 6.87. The van der Waals surface area contributed by atoms with Crippen LogP contribution in [0.15, 0.2) is 42.5 Å². The van der Waals surface area contributed by atoms with E-state index in [1.807, 2.05) is 13.1 Å². The van der Waals surface area contributed by atoms with Crippen molar-refractivity contribution in [1.29, 1.82) is 0 Å². The molecule has 24 heavy (non-hydrogen) atoms. The van der Waals surface area contributed by atoms with Crippen molar-refractivity contribution in [3.8, 4) is 0 Å². The first kappa shape index (κ1) is 15.8. The van der Waals surface area contributed by atoms with Gasteiger partial charge in [0.15, 0.2) is 0 Å². The largest absolute Gasteiger partial charge is 0.381 e. The van der Waals surface area contributed by atoms with E-state index in [1.165, 1.54) is 16.7 Å². The van der Waals surface area contributed by atoms with Crippen LogP contribution in [-0.2, 0) is 6.42 Å². The minimum Gasteiger partial charge on any atom is -0.381 e. The van der Waals surface area contributed by atoms with Crippen LogP contribution in [0.1, 0.15) is 40.6 Å². The number of fused-ring (bicyclic) bond motifs is 5. The van der Waals surface area contributed by atoms with Crippen LogP contribution in [0.25, 0.3) is 0 Å². The fourth-order valence-electron chi connectivity index (χ4n) is 4.61. The van der Waals surface area contributed by atoms with E-state index in [9.17, 15) is 9.50 Å². The van der Waals surface area contributed by atoms with E-state index >= 15 is 0 Å². The van der Waals surface area contributed by atoms with Gasteiger partial charge in [0.05, 0.1) is 6.73 Å². The molecule has 0 unspecified atom stereocenters. The third kappa shape index (κ3) is 2.46. The Hall–Kier alpha value is -1.75. The molecule has 2 aromatic rings. The molecule has 3 nitrogen and oxygen atoms in total. The maximum absolute atomic E-state index is 14.0. The standard InChI is InChI=1S/C20H23FN2O/c1-22-11-16-10-19-17-5-3-2-4-13(17)8-14-6-7-15(21)9-18(14)20(19)23(16)12-24/h2-7,9,16,19-20,22,24H,8,10-12H2,1H3/t16-,19-,20-/m1/s1. The minimum absolute atomic E-state index is 0.00830. The van der Waals surface area contributed by atoms with Crippen LogP contribution < -0.4 is 5.32 Å². The Morgan fingerprint density at radius 3 is 2.75 bits per heavy atom. The number of hydrogen-bond acceptors (Lipinski definition) is 3. The molecule has 0 radical (unpaired) electrons. The Bertz CT molecular complexity index is 748. The second-order valence-electron chi connectivity index (χ2n) is 6.87. The first-order valence-corrected chi connectivity index (χ1v) is 8.60. The van der Waals surface area contributed by atoms with Crippen molar-refractivity contribution in [3.05, 3.63) is 70.5 Å². The zero-order chi connectivity index (χ0) is 16.7. The molecule has 1 fully saturated rings. The van der Waals surface area contributed by atoms with Crippen LogP contribution in [0.2, 0.25) is 0 Å². The molecule has 0 bridgehead atoms. The number of benzene rings is 2. The quantitative estimate of drug-likeness (QED) is 0.910. The SMILES string of the molecule is CNC[C@H]1C[C@@H]2c3ccccc3Cc3ccc(F)cc3[C@H]2N1CO. The molecule has 2 N–H and O–H groups in total. The van der Waals surface area contributed by atoms with Gasteiger partial charge in [-0.25, -0.2) is 4.39 Å². The number of hydrogen-bond donors (Lipinski definition) is 2. The van der Waals surface area contributed by atoms with Gasteiger partial charge in [-0.05, 0) is 54.3 Å². The number of aliphatic hydroxyl groups is 1. The summed E-state index contributed by atoms with van der Waals surface area (Å²) in [7, 11) is 1.94. The predicted molar refractivity (Wildman–Crippen MR) is 92.4 cm³/mol. The molecule has 0 amide bonds. The van der Waals surface area contributed by atoms with Crippen LogP contribution in [0, 0.1) is 5.82 Å². The number of likely N-dealkylation sites (N-methyl/N-ethyl adjacent to an activating group) is 1. The van der Waals surface area contributed by atoms with Crippen LogP contribution >= 0.6 is 0 Å². The molecule has 4 rings (SSSR count). The average molecular weight is 326 g/mol. The number of nitrogens with zero attached hydrogens (tertiary/aromatic N) is 1. The van der Waals surface area contributed by atoms with E-state index in [2.05, 4.69) is 34.5 Å². The molecular formula is C20H23FN2O. The highest BCUT2D eigenvalue weighted by Crippen LogP contribution is 2.50. The smallest absolute Gasteiger partial charge is 0.123 e. The molecule has 2 aliphatic rings. The fraction of sp³-hybridized carbons (Fsp3) is 0.400. The van der Waals surface area contributed by atoms with Gasteiger partial charge in [-0.2, -0.15) is 0 Å². The normalized spacial score (nSPS) is 25.7. The van der Waals surface area contributed by atoms with Gasteiger partial charge < -0.3 is 10.4 Å². The van der Waals surface area contributed by atoms with Gasteiger partial charge in [0.2, 0.25) is 0 Å². The van der Waals surface area contributed by atoms with E-state index in [1.54, 1.807) is 12.1 Å². The molecule has 3 atom stereocenters. The Balaban J connectivity index is 1.89. The lowest BCUT2D eigenvalue weighted by molar-refractivity contribution is 0.0605. The van der Waals surface area contributed by atoms with Gasteiger partial charge in [0.25, 0.3) is 0 Å². The summed E-state index contributed by atoms with van der Waals surface area (Å²) in [5, 5.41) is 13.3. The van der Waals surface area contributed by atoms with E-state index in [0.717, 1.165) is 24.9 Å². The monoisotopic (exact) mass is 326 g/mol. The molecule has 126 valence electrons. The van der Waals surface area contributed by atoms with Crippen molar-refractivity contribution in [2.45, 2.75) is 30.8 Å². The van der Waals surface area contributed by atoms with Gasteiger partial charge in [-0.15, -0.1) is 0 Å². The fourth-order valence-corrected chi connectivity index (χ4v) is 4.61. The lowest BCUT2D eigenvalue weighted by atomic mass is 9.87. The predicted octanol–water partition coefficient (Wildman–Crippen LogP) is 2.80. The molecule has 1 saturated heterocycles. The van der Waals surface area contributed by atoms with Crippen molar-refractivity contribution in [2.75, 3.05) is 20.3 Å². The Morgan fingerprint density at radius 2 is 1.96 bits per heavy atom. The maximum atomic E-state index is 14.0. The van der Waals surface area contributed by atoms with Crippen molar-refractivity contribution >= 4 is 0 Å². The third-order valence-corrected chi connectivity index (χ3v) is 5.60. The van der Waals surface area contributed by atoms with Crippen LogP contribution in [0.5, 0.6) is 0 Å². The molecule has 0 saturated carbocycles. The van der Waals surface area contributed by atoms with E-state index in [-0.39, 0.29) is 30.5 Å². The van der Waals surface area contributed by atoms with Gasteiger partial charge >= 0.3 is 0 Å². The summed E-state index contributed by atoms with van der Waals surface area (Å²) in [6.45, 7) is 0.812.